The molecule has 25 heteroatoms. The summed E-state index contributed by atoms with van der Waals surface area (Å²) in [4.78, 5) is 127. The molecule has 4 heterocycles. The Morgan fingerprint density at radius 2 is 1.08 bits per heavy atom. The van der Waals surface area contributed by atoms with Crippen molar-refractivity contribution in [1.82, 2.24) is 41.0 Å². The standard InChI is InChI=1S/C52H56F4N12O9/c1-50(2,3)47(75)38(66-42(72)16-15-41(71)65-37-12-7-9-33-35(18-21-61-46(33)37)49(77)63-27-44(74)68-29-52(55,56)23-31(68)25-58)10-4-5-19-59-39(69)13-14-40(70)64-36-11-6-8-32-34(17-20-60-45(32)36)48(76)62-26-43(73)67-28-51(53,54)22-30(67)24-57/h6-9,11-12,17-18,20-21,30-31,38H,4-5,10,13-16,19,22-23,26-29H2,1-3H3,(H,59,69)(H,62,76)(H,63,77)(H,64,70)(H,65,71)(H,66,72)/t30-,31-,38?/m0/s1. The van der Waals surface area contributed by atoms with Crippen molar-refractivity contribution in [2.45, 2.75) is 109 Å². The van der Waals surface area contributed by atoms with Gasteiger partial charge in [0.15, 0.2) is 5.78 Å². The highest BCUT2D eigenvalue weighted by atomic mass is 19.3. The van der Waals surface area contributed by atoms with E-state index in [-0.39, 0.29) is 83.4 Å². The molecule has 406 valence electrons. The number of nitriles is 2. The minimum Gasteiger partial charge on any atom is -0.356 e. The molecule has 1 unspecified atom stereocenters. The summed E-state index contributed by atoms with van der Waals surface area (Å²) in [7, 11) is 0. The third-order valence-corrected chi connectivity index (χ3v) is 12.6. The van der Waals surface area contributed by atoms with Crippen LogP contribution in [0.4, 0.5) is 28.9 Å². The molecule has 6 rings (SSSR count). The minimum atomic E-state index is -3.23. The Morgan fingerprint density at radius 1 is 0.636 bits per heavy atom. The van der Waals surface area contributed by atoms with E-state index in [1.807, 2.05) is 0 Å². The van der Waals surface area contributed by atoms with Gasteiger partial charge in [0.05, 0.1) is 77.9 Å². The van der Waals surface area contributed by atoms with E-state index in [0.29, 0.717) is 18.2 Å². The molecule has 2 aliphatic rings. The number of carbonyl (C=O) groups excluding carboxylic acids is 9. The normalized spacial score (nSPS) is 16.8. The number of nitrogens with one attached hydrogen (secondary N) is 6. The topological polar surface area (TPSA) is 306 Å². The number of nitrogens with zero attached hydrogens (tertiary/aromatic N) is 6. The third kappa shape index (κ3) is 15.3. The highest BCUT2D eigenvalue weighted by Crippen LogP contribution is 2.33. The van der Waals surface area contributed by atoms with Gasteiger partial charge in [-0.2, -0.15) is 10.5 Å². The average molecular weight is 1070 g/mol. The molecule has 6 N–H and O–H groups in total. The van der Waals surface area contributed by atoms with Crippen LogP contribution >= 0.6 is 0 Å². The summed E-state index contributed by atoms with van der Waals surface area (Å²) >= 11 is 0. The second-order valence-electron chi connectivity index (χ2n) is 19.6. The van der Waals surface area contributed by atoms with Gasteiger partial charge in [0, 0.05) is 73.7 Å². The Morgan fingerprint density at radius 3 is 1.52 bits per heavy atom. The number of halogens is 4. The molecule has 8 amide bonds. The summed E-state index contributed by atoms with van der Waals surface area (Å²) in [6, 6.07) is 11.8. The van der Waals surface area contributed by atoms with Crippen molar-refractivity contribution in [3.05, 3.63) is 72.1 Å². The van der Waals surface area contributed by atoms with Gasteiger partial charge in [-0.15, -0.1) is 0 Å². The number of para-hydroxylation sites is 2. The number of anilines is 2. The van der Waals surface area contributed by atoms with Crippen LogP contribution in [0.5, 0.6) is 0 Å². The maximum Gasteiger partial charge on any atom is 0.268 e. The minimum absolute atomic E-state index is 0.0628. The molecule has 4 aromatic rings. The molecule has 21 nitrogen and oxygen atoms in total. The van der Waals surface area contributed by atoms with Crippen LogP contribution < -0.4 is 31.9 Å². The number of pyridine rings is 2. The van der Waals surface area contributed by atoms with E-state index in [1.165, 1.54) is 36.7 Å². The monoisotopic (exact) mass is 1070 g/mol. The molecule has 77 heavy (non-hydrogen) atoms. The maximum absolute atomic E-state index is 13.9. The van der Waals surface area contributed by atoms with Crippen LogP contribution in [0.2, 0.25) is 0 Å². The fourth-order valence-electron chi connectivity index (χ4n) is 8.77. The number of rotatable bonds is 21. The van der Waals surface area contributed by atoms with E-state index in [1.54, 1.807) is 57.2 Å². The summed E-state index contributed by atoms with van der Waals surface area (Å²) in [6.45, 7) is 2.14. The van der Waals surface area contributed by atoms with E-state index in [4.69, 9.17) is 0 Å². The Balaban J connectivity index is 0.922. The second-order valence-corrected chi connectivity index (χ2v) is 19.6. The van der Waals surface area contributed by atoms with Crippen molar-refractivity contribution in [1.29, 1.82) is 10.5 Å². The number of hydrogen-bond acceptors (Lipinski definition) is 13. The van der Waals surface area contributed by atoms with Gasteiger partial charge in [0.25, 0.3) is 23.7 Å². The lowest BCUT2D eigenvalue weighted by Crippen LogP contribution is -2.45. The lowest BCUT2D eigenvalue weighted by molar-refractivity contribution is -0.133. The average Bonchev–Trinajstić information content (AvgIpc) is 3.91. The predicted molar refractivity (Wildman–Crippen MR) is 268 cm³/mol. The molecule has 0 bridgehead atoms. The van der Waals surface area contributed by atoms with Gasteiger partial charge in [-0.3, -0.25) is 53.1 Å². The number of amides is 8. The van der Waals surface area contributed by atoms with Crippen LogP contribution in [-0.4, -0.2) is 136 Å². The third-order valence-electron chi connectivity index (χ3n) is 12.6. The molecule has 2 aliphatic heterocycles. The number of alkyl halides is 4. The quantitative estimate of drug-likeness (QED) is 0.0502. The number of unbranched alkanes of at least 4 members (excludes halogenated alkanes) is 1. The molecule has 0 saturated carbocycles. The highest BCUT2D eigenvalue weighted by Gasteiger charge is 2.48. The number of aromatic nitrogens is 2. The maximum atomic E-state index is 13.9. The first kappa shape index (κ1) is 57.7. The Kier molecular flexibility index (Phi) is 18.6. The fourth-order valence-corrected chi connectivity index (χ4v) is 8.77. The van der Waals surface area contributed by atoms with Crippen LogP contribution in [0, 0.1) is 28.1 Å². The first-order chi connectivity index (χ1) is 36.4. The van der Waals surface area contributed by atoms with Crippen LogP contribution in [-0.2, 0) is 33.6 Å². The van der Waals surface area contributed by atoms with Gasteiger partial charge in [0.1, 0.15) is 12.1 Å². The largest absolute Gasteiger partial charge is 0.356 e. The number of likely N-dealkylation sites (tertiary alicyclic amines) is 2. The highest BCUT2D eigenvalue weighted by molar-refractivity contribution is 6.12. The number of benzene rings is 2. The zero-order chi connectivity index (χ0) is 56.2. The first-order valence-electron chi connectivity index (χ1n) is 24.6. The number of carbonyl (C=O) groups is 9. The Hall–Kier alpha value is -8.61. The summed E-state index contributed by atoms with van der Waals surface area (Å²) < 4.78 is 55.4. The number of hydrogen-bond donors (Lipinski definition) is 6. The zero-order valence-electron chi connectivity index (χ0n) is 42.3. The smallest absolute Gasteiger partial charge is 0.268 e. The van der Waals surface area contributed by atoms with E-state index in [2.05, 4.69) is 41.9 Å². The van der Waals surface area contributed by atoms with E-state index >= 15 is 0 Å². The molecule has 2 aromatic heterocycles. The van der Waals surface area contributed by atoms with Crippen molar-refractivity contribution >= 4 is 86.2 Å². The number of Topliss-reactive ketones (excluding diaryl/α,β-unsaturated/α-hetero) is 1. The summed E-state index contributed by atoms with van der Waals surface area (Å²) in [5.74, 6) is -12.0. The molecule has 0 spiro atoms. The summed E-state index contributed by atoms with van der Waals surface area (Å²) in [6.07, 6.45) is 1.04. The molecular weight excluding hydrogens is 1010 g/mol. The van der Waals surface area contributed by atoms with Crippen molar-refractivity contribution in [3.63, 3.8) is 0 Å². The van der Waals surface area contributed by atoms with Gasteiger partial charge >= 0.3 is 0 Å². The summed E-state index contributed by atoms with van der Waals surface area (Å²) in [5, 5.41) is 34.6. The molecular formula is C52H56F4N12O9. The molecule has 2 aromatic carbocycles. The van der Waals surface area contributed by atoms with Gasteiger partial charge < -0.3 is 41.7 Å². The predicted octanol–water partition coefficient (Wildman–Crippen LogP) is 4.29. The van der Waals surface area contributed by atoms with Gasteiger partial charge in [0.2, 0.25) is 35.4 Å². The Labute approximate surface area is 438 Å². The van der Waals surface area contributed by atoms with Gasteiger partial charge in [-0.1, -0.05) is 45.0 Å². The van der Waals surface area contributed by atoms with Crippen molar-refractivity contribution in [2.75, 3.05) is 43.4 Å². The molecule has 0 aliphatic carbocycles. The fraction of sp³-hybridized carbons (Fsp3) is 0.442. The van der Waals surface area contributed by atoms with Crippen molar-refractivity contribution in [3.8, 4) is 12.1 Å². The van der Waals surface area contributed by atoms with E-state index in [9.17, 15) is 71.2 Å². The second kappa shape index (κ2) is 24.8. The van der Waals surface area contributed by atoms with Crippen molar-refractivity contribution in [2.24, 2.45) is 5.41 Å². The summed E-state index contributed by atoms with van der Waals surface area (Å²) in [5.41, 5.74) is 0.160. The SMILES string of the molecule is CC(C)(C)C(=O)C(CCCCNC(=O)CCC(=O)Nc1cccc2c(C(=O)NCC(=O)N3CC(F)(F)C[C@H]3C#N)ccnc12)NC(=O)CCC(=O)Nc1cccc2c(C(=O)NCC(=O)N3CC(F)(F)C[C@H]3C#N)ccnc12. The molecule has 2 fully saturated rings. The van der Waals surface area contributed by atoms with Gasteiger partial charge in [-0.05, 0) is 43.5 Å². The Bertz CT molecular complexity index is 3060. The van der Waals surface area contributed by atoms with E-state index < -0.39 is 122 Å². The first-order valence-corrected chi connectivity index (χ1v) is 24.6. The molecule has 2 saturated heterocycles. The van der Waals surface area contributed by atoms with E-state index in [0.717, 1.165) is 9.80 Å². The number of fused-ring (bicyclic) bond motifs is 2. The molecule has 0 radical (unpaired) electrons. The van der Waals surface area contributed by atoms with Crippen LogP contribution in [0.25, 0.3) is 21.8 Å². The molecule has 3 atom stereocenters. The van der Waals surface area contributed by atoms with Crippen molar-refractivity contribution < 1.29 is 60.7 Å². The van der Waals surface area contributed by atoms with Crippen LogP contribution in [0.1, 0.15) is 99.3 Å². The van der Waals surface area contributed by atoms with Crippen LogP contribution in [0.3, 0.4) is 0 Å². The zero-order valence-corrected chi connectivity index (χ0v) is 42.3. The number of ketones is 1. The lowest BCUT2D eigenvalue weighted by atomic mass is 9.84. The lowest BCUT2D eigenvalue weighted by Gasteiger charge is -2.25. The van der Waals surface area contributed by atoms with Gasteiger partial charge in [-0.25, -0.2) is 17.6 Å². The van der Waals surface area contributed by atoms with Crippen LogP contribution in [0.15, 0.2) is 60.9 Å².